The zero-order valence-corrected chi connectivity index (χ0v) is 15.9. The molecule has 28 heavy (non-hydrogen) atoms. The van der Waals surface area contributed by atoms with Crippen LogP contribution in [-0.4, -0.2) is 43.4 Å². The van der Waals surface area contributed by atoms with E-state index in [4.69, 9.17) is 19.1 Å². The van der Waals surface area contributed by atoms with Gasteiger partial charge in [0.05, 0.1) is 12.9 Å². The molecule has 0 aromatic heterocycles. The molecule has 150 valence electrons. The predicted molar refractivity (Wildman–Crippen MR) is 100 cm³/mol. The smallest absolute Gasteiger partial charge is 0.318 e. The number of carboxylic acid groups (broad SMARTS) is 2. The molecule has 0 bridgehead atoms. The van der Waals surface area contributed by atoms with E-state index >= 15 is 0 Å². The maximum Gasteiger partial charge on any atom is 0.318 e. The maximum atomic E-state index is 11.1. The van der Waals surface area contributed by atoms with Crippen LogP contribution in [-0.2, 0) is 32.5 Å². The average Bonchev–Trinajstić information content (AvgIpc) is 2.60. The fourth-order valence-electron chi connectivity index (χ4n) is 2.41. The van der Waals surface area contributed by atoms with Gasteiger partial charge in [-0.1, -0.05) is 24.3 Å². The molecule has 0 heterocycles. The van der Waals surface area contributed by atoms with E-state index in [9.17, 15) is 18.0 Å². The van der Waals surface area contributed by atoms with Crippen LogP contribution >= 0.6 is 0 Å². The quantitative estimate of drug-likeness (QED) is 0.451. The molecule has 0 aliphatic heterocycles. The number of benzene rings is 2. The molecule has 0 aliphatic carbocycles. The molecular formula is C19H20O8S. The third-order valence-electron chi connectivity index (χ3n) is 3.79. The number of carboxylic acids is 2. The van der Waals surface area contributed by atoms with E-state index in [1.165, 1.54) is 0 Å². The molecule has 0 atom stereocenters. The van der Waals surface area contributed by atoms with Gasteiger partial charge in [0.2, 0.25) is 0 Å². The zero-order valence-electron chi connectivity index (χ0n) is 15.1. The van der Waals surface area contributed by atoms with Crippen molar-refractivity contribution in [2.24, 2.45) is 5.92 Å². The van der Waals surface area contributed by atoms with E-state index in [0.29, 0.717) is 24.3 Å². The van der Waals surface area contributed by atoms with Gasteiger partial charge < -0.3 is 19.1 Å². The van der Waals surface area contributed by atoms with E-state index in [-0.39, 0.29) is 12.2 Å². The largest absolute Gasteiger partial charge is 0.493 e. The van der Waals surface area contributed by atoms with Gasteiger partial charge in [-0.25, -0.2) is 0 Å². The van der Waals surface area contributed by atoms with Gasteiger partial charge in [-0.05, 0) is 41.8 Å². The topological polar surface area (TPSA) is 127 Å². The van der Waals surface area contributed by atoms with Crippen molar-refractivity contribution in [1.82, 2.24) is 0 Å². The molecule has 0 radical (unpaired) electrons. The number of ether oxygens (including phenoxy) is 1. The van der Waals surface area contributed by atoms with Gasteiger partial charge in [0.25, 0.3) is 0 Å². The molecule has 0 fully saturated rings. The second-order valence-corrected chi connectivity index (χ2v) is 7.68. The second kappa shape index (κ2) is 9.23. The molecule has 0 saturated heterocycles. The normalized spacial score (nSPS) is 11.2. The summed E-state index contributed by atoms with van der Waals surface area (Å²) in [7, 11) is -3.55. The minimum Gasteiger partial charge on any atom is -0.493 e. The first kappa shape index (κ1) is 21.2. The van der Waals surface area contributed by atoms with E-state index < -0.39 is 28.0 Å². The highest BCUT2D eigenvalue weighted by molar-refractivity contribution is 7.86. The number of hydrogen-bond acceptors (Lipinski definition) is 6. The van der Waals surface area contributed by atoms with Gasteiger partial charge in [-0.2, -0.15) is 8.42 Å². The van der Waals surface area contributed by atoms with Crippen LogP contribution in [0.4, 0.5) is 0 Å². The fraction of sp³-hybridized carbons (Fsp3) is 0.263. The zero-order chi connectivity index (χ0) is 20.7. The first-order valence-corrected chi connectivity index (χ1v) is 10.1. The van der Waals surface area contributed by atoms with Crippen LogP contribution in [0.1, 0.15) is 11.1 Å². The number of rotatable bonds is 10. The summed E-state index contributed by atoms with van der Waals surface area (Å²) >= 11 is 0. The maximum absolute atomic E-state index is 11.1. The average molecular weight is 408 g/mol. The Morgan fingerprint density at radius 3 is 1.89 bits per heavy atom. The van der Waals surface area contributed by atoms with Gasteiger partial charge in [-0.15, -0.1) is 0 Å². The monoisotopic (exact) mass is 408 g/mol. The standard InChI is InChI=1S/C19H20O8S/c1-28(24,25)27-16-8-2-13(3-9-16)10-11-26-15-6-4-14(5-7-15)12-17(18(20)21)19(22)23/h2-9,17H,10-12H2,1H3,(H,20,21)(H,22,23). The van der Waals surface area contributed by atoms with E-state index in [0.717, 1.165) is 11.8 Å². The summed E-state index contributed by atoms with van der Waals surface area (Å²) in [4.78, 5) is 21.9. The van der Waals surface area contributed by atoms with E-state index in [1.807, 2.05) is 0 Å². The molecule has 2 aromatic rings. The van der Waals surface area contributed by atoms with Crippen LogP contribution in [0.5, 0.6) is 11.5 Å². The Labute approximate surface area is 162 Å². The van der Waals surface area contributed by atoms with Crippen molar-refractivity contribution in [3.8, 4) is 11.5 Å². The summed E-state index contributed by atoms with van der Waals surface area (Å²) in [6, 6.07) is 13.2. The van der Waals surface area contributed by atoms with Crippen molar-refractivity contribution < 1.29 is 37.1 Å². The highest BCUT2D eigenvalue weighted by atomic mass is 32.2. The van der Waals surface area contributed by atoms with Crippen molar-refractivity contribution in [3.05, 3.63) is 59.7 Å². The highest BCUT2D eigenvalue weighted by Gasteiger charge is 2.25. The number of hydrogen-bond donors (Lipinski definition) is 2. The van der Waals surface area contributed by atoms with Crippen molar-refractivity contribution in [2.45, 2.75) is 12.8 Å². The summed E-state index contributed by atoms with van der Waals surface area (Å²) < 4.78 is 32.5. The second-order valence-electron chi connectivity index (χ2n) is 6.11. The molecule has 8 nitrogen and oxygen atoms in total. The van der Waals surface area contributed by atoms with Crippen LogP contribution < -0.4 is 8.92 Å². The molecule has 0 aliphatic rings. The third kappa shape index (κ3) is 6.92. The molecule has 0 spiro atoms. The molecule has 2 aromatic carbocycles. The minimum absolute atomic E-state index is 0.104. The Morgan fingerprint density at radius 1 is 0.893 bits per heavy atom. The molecule has 2 rings (SSSR count). The molecule has 2 N–H and O–H groups in total. The Kier molecular flexibility index (Phi) is 7.00. The SMILES string of the molecule is CS(=O)(=O)Oc1ccc(CCOc2ccc(CC(C(=O)O)C(=O)O)cc2)cc1. The summed E-state index contributed by atoms with van der Waals surface area (Å²) in [6.07, 6.45) is 1.46. The number of carbonyl (C=O) groups is 2. The van der Waals surface area contributed by atoms with Crippen molar-refractivity contribution in [2.75, 3.05) is 12.9 Å². The summed E-state index contributed by atoms with van der Waals surface area (Å²) in [5, 5.41) is 17.8. The Balaban J connectivity index is 1.85. The van der Waals surface area contributed by atoms with Crippen LogP contribution in [0.2, 0.25) is 0 Å². The summed E-state index contributed by atoms with van der Waals surface area (Å²) in [5.74, 6) is -3.42. The van der Waals surface area contributed by atoms with Crippen LogP contribution in [0.25, 0.3) is 0 Å². The Morgan fingerprint density at radius 2 is 1.39 bits per heavy atom. The van der Waals surface area contributed by atoms with Crippen LogP contribution in [0.3, 0.4) is 0 Å². The molecule has 9 heteroatoms. The van der Waals surface area contributed by atoms with Gasteiger partial charge in [-0.3, -0.25) is 9.59 Å². The predicted octanol–water partition coefficient (Wildman–Crippen LogP) is 1.97. The van der Waals surface area contributed by atoms with Gasteiger partial charge in [0.15, 0.2) is 5.92 Å². The highest BCUT2D eigenvalue weighted by Crippen LogP contribution is 2.17. The van der Waals surface area contributed by atoms with Crippen molar-refractivity contribution >= 4 is 22.1 Å². The van der Waals surface area contributed by atoms with E-state index in [2.05, 4.69) is 0 Å². The molecule has 0 amide bonds. The lowest BCUT2D eigenvalue weighted by Crippen LogP contribution is -2.25. The first-order chi connectivity index (χ1) is 13.1. The lowest BCUT2D eigenvalue weighted by atomic mass is 10.00. The molecule has 0 unspecified atom stereocenters. The minimum atomic E-state index is -3.55. The van der Waals surface area contributed by atoms with Gasteiger partial charge >= 0.3 is 22.1 Å². The van der Waals surface area contributed by atoms with E-state index in [1.54, 1.807) is 48.5 Å². The van der Waals surface area contributed by atoms with Crippen molar-refractivity contribution in [3.63, 3.8) is 0 Å². The Hall–Kier alpha value is -3.07. The molecule has 0 saturated carbocycles. The summed E-state index contributed by atoms with van der Waals surface area (Å²) in [5.41, 5.74) is 1.52. The fourth-order valence-corrected chi connectivity index (χ4v) is 2.87. The lowest BCUT2D eigenvalue weighted by molar-refractivity contribution is -0.154. The van der Waals surface area contributed by atoms with Crippen molar-refractivity contribution in [1.29, 1.82) is 0 Å². The van der Waals surface area contributed by atoms with Crippen LogP contribution in [0, 0.1) is 5.92 Å². The number of aliphatic carboxylic acids is 2. The van der Waals surface area contributed by atoms with Crippen LogP contribution in [0.15, 0.2) is 48.5 Å². The lowest BCUT2D eigenvalue weighted by Gasteiger charge is -2.10. The van der Waals surface area contributed by atoms with Gasteiger partial charge in [0, 0.05) is 6.42 Å². The first-order valence-electron chi connectivity index (χ1n) is 8.30. The Bertz CT molecular complexity index is 903. The molecular weight excluding hydrogens is 388 g/mol. The third-order valence-corrected chi connectivity index (χ3v) is 4.28. The van der Waals surface area contributed by atoms with Gasteiger partial charge in [0.1, 0.15) is 11.5 Å². The summed E-state index contributed by atoms with van der Waals surface area (Å²) in [6.45, 7) is 0.374.